The van der Waals surface area contributed by atoms with Crippen LogP contribution in [-0.4, -0.2) is 37.5 Å². The Kier molecular flexibility index (Phi) is 8.14. The Balaban J connectivity index is 3.87. The van der Waals surface area contributed by atoms with Crippen LogP contribution in [0, 0.1) is 5.92 Å². The first-order valence-electron chi connectivity index (χ1n) is 5.49. The van der Waals surface area contributed by atoms with Gasteiger partial charge in [-0.05, 0) is 18.8 Å². The number of hydrogen-bond donors (Lipinski definition) is 2. The summed E-state index contributed by atoms with van der Waals surface area (Å²) in [5.41, 5.74) is 0. The van der Waals surface area contributed by atoms with E-state index in [9.17, 15) is 5.11 Å². The molecule has 2 N–H and O–H groups in total. The van der Waals surface area contributed by atoms with Gasteiger partial charge in [0.2, 0.25) is 0 Å². The molecular weight excluding hydrogens is 178 g/mol. The van der Waals surface area contributed by atoms with E-state index in [0.29, 0.717) is 18.6 Å². The Morgan fingerprint density at radius 1 is 1.29 bits per heavy atom. The van der Waals surface area contributed by atoms with Crippen LogP contribution in [0.15, 0.2) is 0 Å². The Bertz CT molecular complexity index is 128. The molecule has 0 spiro atoms. The van der Waals surface area contributed by atoms with Crippen LogP contribution < -0.4 is 5.32 Å². The molecule has 2 unspecified atom stereocenters. The molecule has 0 aliphatic rings. The van der Waals surface area contributed by atoms with Crippen molar-refractivity contribution >= 4 is 0 Å². The largest absolute Gasteiger partial charge is 0.395 e. The Morgan fingerprint density at radius 3 is 2.29 bits per heavy atom. The molecule has 86 valence electrons. The van der Waals surface area contributed by atoms with Crippen LogP contribution in [-0.2, 0) is 4.74 Å². The van der Waals surface area contributed by atoms with Crippen LogP contribution in [0.2, 0.25) is 0 Å². The van der Waals surface area contributed by atoms with Crippen LogP contribution in [0.25, 0.3) is 0 Å². The van der Waals surface area contributed by atoms with Crippen LogP contribution in [0.1, 0.15) is 33.6 Å². The van der Waals surface area contributed by atoms with E-state index < -0.39 is 0 Å². The molecule has 0 amide bonds. The minimum Gasteiger partial charge on any atom is -0.395 e. The lowest BCUT2D eigenvalue weighted by Gasteiger charge is -2.24. The molecule has 0 aromatic rings. The predicted octanol–water partition coefficient (Wildman–Crippen LogP) is 1.41. The number of nitrogens with one attached hydrogen (secondary N) is 1. The van der Waals surface area contributed by atoms with Gasteiger partial charge in [-0.3, -0.25) is 0 Å². The summed E-state index contributed by atoms with van der Waals surface area (Å²) in [6.45, 7) is 7.38. The normalized spacial score (nSPS) is 15.9. The van der Waals surface area contributed by atoms with E-state index in [1.165, 1.54) is 0 Å². The number of hydrogen-bond acceptors (Lipinski definition) is 3. The molecule has 0 rings (SSSR count). The number of aliphatic hydroxyl groups excluding tert-OH is 1. The van der Waals surface area contributed by atoms with E-state index in [1.54, 1.807) is 7.11 Å². The van der Waals surface area contributed by atoms with Crippen LogP contribution in [0.4, 0.5) is 0 Å². The van der Waals surface area contributed by atoms with Gasteiger partial charge in [0, 0.05) is 19.2 Å². The maximum absolute atomic E-state index is 9.18. The third kappa shape index (κ3) is 6.35. The number of methoxy groups -OCH3 is 1. The highest BCUT2D eigenvalue weighted by Gasteiger charge is 2.14. The topological polar surface area (TPSA) is 41.5 Å². The second-order valence-corrected chi connectivity index (χ2v) is 4.24. The van der Waals surface area contributed by atoms with Crippen LogP contribution in [0.3, 0.4) is 0 Å². The molecule has 0 saturated heterocycles. The van der Waals surface area contributed by atoms with Crippen molar-refractivity contribution in [3.05, 3.63) is 0 Å². The van der Waals surface area contributed by atoms with Gasteiger partial charge in [-0.2, -0.15) is 0 Å². The van der Waals surface area contributed by atoms with Crippen molar-refractivity contribution in [1.82, 2.24) is 5.32 Å². The molecule has 0 bridgehead atoms. The van der Waals surface area contributed by atoms with Gasteiger partial charge in [0.25, 0.3) is 0 Å². The number of rotatable bonds is 8. The highest BCUT2D eigenvalue weighted by molar-refractivity contribution is 4.73. The lowest BCUT2D eigenvalue weighted by molar-refractivity contribution is 0.141. The Hall–Kier alpha value is -0.120. The van der Waals surface area contributed by atoms with E-state index in [2.05, 4.69) is 26.1 Å². The summed E-state index contributed by atoms with van der Waals surface area (Å²) >= 11 is 0. The van der Waals surface area contributed by atoms with Crippen molar-refractivity contribution in [2.45, 2.75) is 45.7 Å². The number of ether oxygens (including phenoxy) is 1. The van der Waals surface area contributed by atoms with E-state index in [1.807, 2.05) is 0 Å². The molecule has 0 saturated carbocycles. The van der Waals surface area contributed by atoms with Crippen molar-refractivity contribution in [3.8, 4) is 0 Å². The monoisotopic (exact) mass is 203 g/mol. The van der Waals surface area contributed by atoms with E-state index in [4.69, 9.17) is 4.74 Å². The van der Waals surface area contributed by atoms with Crippen LogP contribution >= 0.6 is 0 Å². The van der Waals surface area contributed by atoms with E-state index >= 15 is 0 Å². The fourth-order valence-electron chi connectivity index (χ4n) is 1.58. The Labute approximate surface area is 87.8 Å². The van der Waals surface area contributed by atoms with Crippen molar-refractivity contribution in [2.75, 3.05) is 20.3 Å². The zero-order valence-corrected chi connectivity index (χ0v) is 9.92. The second kappa shape index (κ2) is 8.21. The minimum atomic E-state index is 0.204. The first-order chi connectivity index (χ1) is 6.63. The van der Waals surface area contributed by atoms with Gasteiger partial charge in [-0.1, -0.05) is 20.8 Å². The van der Waals surface area contributed by atoms with Gasteiger partial charge in [-0.15, -0.1) is 0 Å². The predicted molar refractivity (Wildman–Crippen MR) is 59.4 cm³/mol. The lowest BCUT2D eigenvalue weighted by Crippen LogP contribution is -2.43. The fourth-order valence-corrected chi connectivity index (χ4v) is 1.58. The molecule has 14 heavy (non-hydrogen) atoms. The molecule has 0 radical (unpaired) electrons. The van der Waals surface area contributed by atoms with Crippen molar-refractivity contribution < 1.29 is 9.84 Å². The molecule has 0 aromatic heterocycles. The van der Waals surface area contributed by atoms with E-state index in [0.717, 1.165) is 12.8 Å². The second-order valence-electron chi connectivity index (χ2n) is 4.24. The van der Waals surface area contributed by atoms with Gasteiger partial charge < -0.3 is 15.2 Å². The lowest BCUT2D eigenvalue weighted by atomic mass is 10.0. The van der Waals surface area contributed by atoms with Crippen molar-refractivity contribution in [1.29, 1.82) is 0 Å². The molecule has 3 heteroatoms. The zero-order valence-electron chi connectivity index (χ0n) is 9.92. The summed E-state index contributed by atoms with van der Waals surface area (Å²) in [7, 11) is 1.71. The SMILES string of the molecule is CCC(COC)NC(CO)CC(C)C. The van der Waals surface area contributed by atoms with Gasteiger partial charge >= 0.3 is 0 Å². The summed E-state index contributed by atoms with van der Waals surface area (Å²) in [5.74, 6) is 0.611. The Morgan fingerprint density at radius 2 is 1.93 bits per heavy atom. The number of aliphatic hydroxyl groups is 1. The van der Waals surface area contributed by atoms with Gasteiger partial charge in [0.1, 0.15) is 0 Å². The first-order valence-corrected chi connectivity index (χ1v) is 5.49. The zero-order chi connectivity index (χ0) is 11.0. The highest BCUT2D eigenvalue weighted by Crippen LogP contribution is 2.06. The quantitative estimate of drug-likeness (QED) is 0.626. The summed E-state index contributed by atoms with van der Waals surface area (Å²) in [6, 6.07) is 0.561. The molecule has 0 aliphatic carbocycles. The summed E-state index contributed by atoms with van der Waals surface area (Å²) in [4.78, 5) is 0. The average molecular weight is 203 g/mol. The highest BCUT2D eigenvalue weighted by atomic mass is 16.5. The van der Waals surface area contributed by atoms with E-state index in [-0.39, 0.29) is 12.6 Å². The summed E-state index contributed by atoms with van der Waals surface area (Å²) in [5, 5.41) is 12.6. The fraction of sp³-hybridized carbons (Fsp3) is 1.00. The molecular formula is C11H25NO2. The third-order valence-corrected chi connectivity index (χ3v) is 2.31. The smallest absolute Gasteiger partial charge is 0.0615 e. The molecule has 0 aromatic carbocycles. The van der Waals surface area contributed by atoms with Gasteiger partial charge in [-0.25, -0.2) is 0 Å². The molecule has 0 fully saturated rings. The molecule has 0 heterocycles. The molecule has 3 nitrogen and oxygen atoms in total. The van der Waals surface area contributed by atoms with Gasteiger partial charge in [0.15, 0.2) is 0 Å². The molecule has 2 atom stereocenters. The summed E-state index contributed by atoms with van der Waals surface area (Å²) < 4.78 is 5.10. The van der Waals surface area contributed by atoms with Crippen molar-refractivity contribution in [3.63, 3.8) is 0 Å². The van der Waals surface area contributed by atoms with Gasteiger partial charge in [0.05, 0.1) is 13.2 Å². The standard InChI is InChI=1S/C11H25NO2/c1-5-10(8-14-4)12-11(7-13)6-9(2)3/h9-13H,5-8H2,1-4H3. The minimum absolute atomic E-state index is 0.204. The third-order valence-electron chi connectivity index (χ3n) is 2.31. The maximum atomic E-state index is 9.18. The maximum Gasteiger partial charge on any atom is 0.0615 e. The molecule has 0 aliphatic heterocycles. The summed E-state index contributed by atoms with van der Waals surface area (Å²) in [6.07, 6.45) is 2.04. The first kappa shape index (κ1) is 13.9. The average Bonchev–Trinajstić information content (AvgIpc) is 2.15. The van der Waals surface area contributed by atoms with Crippen molar-refractivity contribution in [2.24, 2.45) is 5.92 Å². The van der Waals surface area contributed by atoms with Crippen LogP contribution in [0.5, 0.6) is 0 Å².